The Hall–Kier alpha value is -2.95. The van der Waals surface area contributed by atoms with Crippen LogP contribution in [0.15, 0.2) is 40.8 Å². The van der Waals surface area contributed by atoms with Crippen LogP contribution in [0.1, 0.15) is 35.9 Å². The van der Waals surface area contributed by atoms with Crippen LogP contribution in [-0.2, 0) is 4.74 Å². The van der Waals surface area contributed by atoms with Gasteiger partial charge in [-0.3, -0.25) is 0 Å². The van der Waals surface area contributed by atoms with Gasteiger partial charge in [0.15, 0.2) is 0 Å². The molecule has 0 radical (unpaired) electrons. The summed E-state index contributed by atoms with van der Waals surface area (Å²) in [5, 5.41) is 0.892. The molecule has 0 fully saturated rings. The Morgan fingerprint density at radius 3 is 2.38 bits per heavy atom. The van der Waals surface area contributed by atoms with Crippen LogP contribution in [0.3, 0.4) is 0 Å². The fourth-order valence-corrected chi connectivity index (χ4v) is 3.02. The Kier molecular flexibility index (Phi) is 3.93. The van der Waals surface area contributed by atoms with Crippen molar-refractivity contribution >= 4 is 28.3 Å². The molecule has 5 nitrogen and oxygen atoms in total. The minimum Gasteiger partial charge on any atom is -0.463 e. The van der Waals surface area contributed by atoms with E-state index in [2.05, 4.69) is 0 Å². The molecular formula is C19H20N2O3. The normalized spacial score (nSPS) is 11.2. The SMILES string of the molecule is COC(=O)c1oc2c(-c3cc(N)cc(N)c3)cccc2c1C(C)C. The molecule has 0 aliphatic carbocycles. The number of ether oxygens (including phenoxy) is 1. The average molecular weight is 324 g/mol. The molecule has 3 rings (SSSR count). The monoisotopic (exact) mass is 324 g/mol. The Balaban J connectivity index is 2.33. The number of benzene rings is 2. The van der Waals surface area contributed by atoms with Crippen molar-refractivity contribution in [3.8, 4) is 11.1 Å². The van der Waals surface area contributed by atoms with Crippen LogP contribution in [0.5, 0.6) is 0 Å². The fraction of sp³-hybridized carbons (Fsp3) is 0.211. The molecule has 0 spiro atoms. The number of carbonyl (C=O) groups excluding carboxylic acids is 1. The summed E-state index contributed by atoms with van der Waals surface area (Å²) in [5.41, 5.74) is 16.1. The maximum atomic E-state index is 12.1. The summed E-state index contributed by atoms with van der Waals surface area (Å²) in [6.45, 7) is 4.03. The van der Waals surface area contributed by atoms with Crippen LogP contribution in [-0.4, -0.2) is 13.1 Å². The van der Waals surface area contributed by atoms with E-state index in [1.807, 2.05) is 44.2 Å². The van der Waals surface area contributed by atoms with Crippen LogP contribution in [0.2, 0.25) is 0 Å². The van der Waals surface area contributed by atoms with E-state index in [1.54, 1.807) is 6.07 Å². The molecule has 1 heterocycles. The van der Waals surface area contributed by atoms with Crippen LogP contribution < -0.4 is 11.5 Å². The second-order valence-corrected chi connectivity index (χ2v) is 6.06. The highest BCUT2D eigenvalue weighted by Gasteiger charge is 2.24. The lowest BCUT2D eigenvalue weighted by molar-refractivity contribution is 0.0565. The zero-order chi connectivity index (χ0) is 17.4. The van der Waals surface area contributed by atoms with Gasteiger partial charge in [-0.25, -0.2) is 4.79 Å². The van der Waals surface area contributed by atoms with E-state index < -0.39 is 5.97 Å². The number of rotatable bonds is 3. The standard InChI is InChI=1S/C19H20N2O3/c1-10(2)16-15-6-4-5-14(11-7-12(20)9-13(21)8-11)17(15)24-18(16)19(22)23-3/h4-10H,20-21H2,1-3H3. The van der Waals surface area contributed by atoms with E-state index in [0.29, 0.717) is 17.0 Å². The van der Waals surface area contributed by atoms with Gasteiger partial charge in [-0.05, 0) is 29.7 Å². The van der Waals surface area contributed by atoms with E-state index in [-0.39, 0.29) is 11.7 Å². The Morgan fingerprint density at radius 1 is 1.12 bits per heavy atom. The quantitative estimate of drug-likeness (QED) is 0.557. The Morgan fingerprint density at radius 2 is 1.79 bits per heavy atom. The predicted molar refractivity (Wildman–Crippen MR) is 95.9 cm³/mol. The maximum absolute atomic E-state index is 12.1. The molecule has 0 atom stereocenters. The van der Waals surface area contributed by atoms with E-state index in [1.165, 1.54) is 7.11 Å². The molecule has 24 heavy (non-hydrogen) atoms. The van der Waals surface area contributed by atoms with Crippen molar-refractivity contribution in [1.82, 2.24) is 0 Å². The number of carbonyl (C=O) groups is 1. The van der Waals surface area contributed by atoms with Gasteiger partial charge in [0, 0.05) is 27.9 Å². The summed E-state index contributed by atoms with van der Waals surface area (Å²) in [6.07, 6.45) is 0. The van der Waals surface area contributed by atoms with Crippen molar-refractivity contribution in [2.24, 2.45) is 0 Å². The van der Waals surface area contributed by atoms with Gasteiger partial charge in [-0.15, -0.1) is 0 Å². The summed E-state index contributed by atoms with van der Waals surface area (Å²) in [4.78, 5) is 12.1. The zero-order valence-electron chi connectivity index (χ0n) is 13.9. The van der Waals surface area contributed by atoms with Crippen LogP contribution in [0.25, 0.3) is 22.1 Å². The molecule has 5 heteroatoms. The number of hydrogen-bond donors (Lipinski definition) is 2. The first-order valence-corrected chi connectivity index (χ1v) is 7.72. The maximum Gasteiger partial charge on any atom is 0.374 e. The largest absolute Gasteiger partial charge is 0.463 e. The molecule has 4 N–H and O–H groups in total. The molecule has 0 bridgehead atoms. The van der Waals surface area contributed by atoms with Gasteiger partial charge in [0.05, 0.1) is 7.11 Å². The minimum atomic E-state index is -0.479. The van der Waals surface area contributed by atoms with Gasteiger partial charge in [-0.2, -0.15) is 0 Å². The van der Waals surface area contributed by atoms with Crippen molar-refractivity contribution in [2.45, 2.75) is 19.8 Å². The van der Waals surface area contributed by atoms with Crippen molar-refractivity contribution in [2.75, 3.05) is 18.6 Å². The third-order valence-corrected chi connectivity index (χ3v) is 3.99. The topological polar surface area (TPSA) is 91.5 Å². The summed E-state index contributed by atoms with van der Waals surface area (Å²) >= 11 is 0. The molecule has 0 saturated heterocycles. The number of fused-ring (bicyclic) bond motifs is 1. The molecule has 0 amide bonds. The highest BCUT2D eigenvalue weighted by atomic mass is 16.5. The van der Waals surface area contributed by atoms with Gasteiger partial charge in [0.1, 0.15) is 5.58 Å². The minimum absolute atomic E-state index is 0.113. The zero-order valence-corrected chi connectivity index (χ0v) is 13.9. The molecule has 3 aromatic rings. The number of furan rings is 1. The summed E-state index contributed by atoms with van der Waals surface area (Å²) in [6, 6.07) is 11.2. The molecule has 1 aromatic heterocycles. The van der Waals surface area contributed by atoms with Gasteiger partial charge >= 0.3 is 5.97 Å². The Bertz CT molecular complexity index is 906. The number of hydrogen-bond acceptors (Lipinski definition) is 5. The lowest BCUT2D eigenvalue weighted by Gasteiger charge is -2.07. The highest BCUT2D eigenvalue weighted by Crippen LogP contribution is 2.38. The van der Waals surface area contributed by atoms with E-state index >= 15 is 0 Å². The van der Waals surface area contributed by atoms with E-state index in [0.717, 1.165) is 22.1 Å². The molecule has 0 unspecified atom stereocenters. The third-order valence-electron chi connectivity index (χ3n) is 3.99. The fourth-order valence-electron chi connectivity index (χ4n) is 3.02. The molecule has 124 valence electrons. The molecule has 0 aliphatic heterocycles. The summed E-state index contributed by atoms with van der Waals surface area (Å²) in [5.74, 6) is -0.124. The highest BCUT2D eigenvalue weighted by molar-refractivity contribution is 6.01. The number of nitrogen functional groups attached to an aromatic ring is 2. The smallest absolute Gasteiger partial charge is 0.374 e. The molecule has 0 aliphatic rings. The number of anilines is 2. The van der Waals surface area contributed by atoms with Gasteiger partial charge in [0.2, 0.25) is 5.76 Å². The first-order valence-electron chi connectivity index (χ1n) is 7.72. The van der Waals surface area contributed by atoms with E-state index in [9.17, 15) is 4.79 Å². The lowest BCUT2D eigenvalue weighted by Crippen LogP contribution is -2.03. The number of para-hydroxylation sites is 1. The van der Waals surface area contributed by atoms with Gasteiger partial charge < -0.3 is 20.6 Å². The number of methoxy groups -OCH3 is 1. The average Bonchev–Trinajstić information content (AvgIpc) is 2.92. The molecule has 0 saturated carbocycles. The van der Waals surface area contributed by atoms with E-state index in [4.69, 9.17) is 20.6 Å². The van der Waals surface area contributed by atoms with Gasteiger partial charge in [-0.1, -0.05) is 32.0 Å². The van der Waals surface area contributed by atoms with Gasteiger partial charge in [0.25, 0.3) is 0 Å². The van der Waals surface area contributed by atoms with Crippen LogP contribution in [0.4, 0.5) is 11.4 Å². The third kappa shape index (κ3) is 2.58. The first-order chi connectivity index (χ1) is 11.4. The number of esters is 1. The first kappa shape index (κ1) is 15.9. The van der Waals surface area contributed by atoms with Crippen molar-refractivity contribution in [3.05, 3.63) is 47.7 Å². The summed E-state index contributed by atoms with van der Waals surface area (Å²) < 4.78 is 10.8. The predicted octanol–water partition coefficient (Wildman–Crippen LogP) is 4.17. The number of nitrogens with two attached hydrogens (primary N) is 2. The second kappa shape index (κ2) is 5.92. The lowest BCUT2D eigenvalue weighted by atomic mass is 9.96. The van der Waals surface area contributed by atoms with Crippen molar-refractivity contribution in [3.63, 3.8) is 0 Å². The second-order valence-electron chi connectivity index (χ2n) is 6.06. The summed E-state index contributed by atoms with van der Waals surface area (Å²) in [7, 11) is 1.35. The molecule has 2 aromatic carbocycles. The van der Waals surface area contributed by atoms with Crippen LogP contribution >= 0.6 is 0 Å². The Labute approximate surface area is 140 Å². The molecular weight excluding hydrogens is 304 g/mol. The van der Waals surface area contributed by atoms with Crippen molar-refractivity contribution in [1.29, 1.82) is 0 Å². The van der Waals surface area contributed by atoms with Crippen molar-refractivity contribution < 1.29 is 13.9 Å². The van der Waals surface area contributed by atoms with Crippen LogP contribution in [0, 0.1) is 0 Å².